The average molecular weight is 316 g/mol. The maximum Gasteiger partial charge on any atom is 0.426 e. The molecule has 1 aromatic carbocycles. The smallest absolute Gasteiger partial charge is 0.426 e. The van der Waals surface area contributed by atoms with E-state index in [4.69, 9.17) is 9.84 Å². The Bertz CT molecular complexity index is 466. The molecule has 0 atom stereocenters. The van der Waals surface area contributed by atoms with Gasteiger partial charge in [-0.25, -0.2) is 0 Å². The minimum atomic E-state index is -6.02. The minimum Gasteiger partial charge on any atom is -0.486 e. The van der Waals surface area contributed by atoms with Crippen molar-refractivity contribution in [3.63, 3.8) is 0 Å². The molecule has 0 aliphatic carbocycles. The van der Waals surface area contributed by atoms with Crippen molar-refractivity contribution in [1.82, 2.24) is 0 Å². The Kier molecular flexibility index (Phi) is 4.87. The first-order chi connectivity index (χ1) is 9.47. The van der Waals surface area contributed by atoms with Crippen molar-refractivity contribution in [3.05, 3.63) is 30.3 Å². The zero-order chi connectivity index (χ0) is 16.3. The van der Waals surface area contributed by atoms with Crippen LogP contribution in [0.2, 0.25) is 0 Å². The van der Waals surface area contributed by atoms with Gasteiger partial charge in [-0.15, -0.1) is 0 Å². The molecule has 9 heteroatoms. The van der Waals surface area contributed by atoms with Gasteiger partial charge in [0, 0.05) is 0 Å². The molecule has 0 aliphatic rings. The lowest BCUT2D eigenvalue weighted by Gasteiger charge is -2.31. The first-order valence-corrected chi connectivity index (χ1v) is 5.53. The molecule has 0 spiro atoms. The number of ether oxygens (including phenoxy) is 1. The number of halogens is 6. The number of carbonyl (C=O) groups excluding carboxylic acids is 1. The highest BCUT2D eigenvalue weighted by molar-refractivity contribution is 5.81. The van der Waals surface area contributed by atoms with E-state index in [9.17, 15) is 31.1 Å². The summed E-state index contributed by atoms with van der Waals surface area (Å²) in [5.41, 5.74) is -5.09. The third-order valence-electron chi connectivity index (χ3n) is 2.53. The van der Waals surface area contributed by atoms with Crippen LogP contribution in [0.1, 0.15) is 6.42 Å². The van der Waals surface area contributed by atoms with Gasteiger partial charge in [-0.3, -0.25) is 4.79 Å². The van der Waals surface area contributed by atoms with Gasteiger partial charge in [0.15, 0.2) is 5.78 Å². The number of hydrogen-bond donors (Lipinski definition) is 1. The number of ketones is 1. The van der Waals surface area contributed by atoms with E-state index in [0.717, 1.165) is 0 Å². The largest absolute Gasteiger partial charge is 0.486 e. The van der Waals surface area contributed by atoms with Crippen LogP contribution >= 0.6 is 0 Å². The van der Waals surface area contributed by atoms with Crippen molar-refractivity contribution in [1.29, 1.82) is 0 Å². The monoisotopic (exact) mass is 316 g/mol. The van der Waals surface area contributed by atoms with E-state index in [-0.39, 0.29) is 5.75 Å². The van der Waals surface area contributed by atoms with Gasteiger partial charge < -0.3 is 9.84 Å². The van der Waals surface area contributed by atoms with E-state index in [1.165, 1.54) is 24.3 Å². The maximum atomic E-state index is 12.4. The summed E-state index contributed by atoms with van der Waals surface area (Å²) in [5.74, 6) is -1.43. The Labute approximate surface area is 115 Å². The summed E-state index contributed by atoms with van der Waals surface area (Å²) < 4.78 is 78.9. The van der Waals surface area contributed by atoms with Crippen molar-refractivity contribution in [3.8, 4) is 5.75 Å². The van der Waals surface area contributed by atoms with Gasteiger partial charge in [0.2, 0.25) is 0 Å². The fourth-order valence-electron chi connectivity index (χ4n) is 1.38. The Morgan fingerprint density at radius 2 is 1.48 bits per heavy atom. The normalized spacial score (nSPS) is 13.1. The lowest BCUT2D eigenvalue weighted by Crippen LogP contribution is -2.58. The third-order valence-corrected chi connectivity index (χ3v) is 2.53. The number of Topliss-reactive ketones (excluding diaryl/α,β-unsaturated/α-hetero) is 1. The molecule has 0 fully saturated rings. The summed E-state index contributed by atoms with van der Waals surface area (Å²) in [5, 5.41) is 8.83. The van der Waals surface area contributed by atoms with Gasteiger partial charge in [0.05, 0.1) is 6.42 Å². The summed E-state index contributed by atoms with van der Waals surface area (Å²) >= 11 is 0. The second-order valence-electron chi connectivity index (χ2n) is 4.17. The van der Waals surface area contributed by atoms with Crippen LogP contribution in [0.3, 0.4) is 0 Å². The molecule has 0 aliphatic heterocycles. The Hall–Kier alpha value is -1.77. The lowest BCUT2D eigenvalue weighted by molar-refractivity contribution is -0.367. The molecule has 21 heavy (non-hydrogen) atoms. The highest BCUT2D eigenvalue weighted by Crippen LogP contribution is 2.45. The molecular formula is C12H10F6O3. The predicted molar refractivity (Wildman–Crippen MR) is 58.6 cm³/mol. The number of para-hydroxylation sites is 1. The van der Waals surface area contributed by atoms with Crippen molar-refractivity contribution < 1.29 is 41.0 Å². The summed E-state index contributed by atoms with van der Waals surface area (Å²) in [7, 11) is 0. The topological polar surface area (TPSA) is 46.5 Å². The Morgan fingerprint density at radius 1 is 1.00 bits per heavy atom. The van der Waals surface area contributed by atoms with E-state index in [0.29, 0.717) is 0 Å². The molecule has 0 radical (unpaired) electrons. The zero-order valence-electron chi connectivity index (χ0n) is 10.3. The highest BCUT2D eigenvalue weighted by atomic mass is 19.4. The number of hydrogen-bond acceptors (Lipinski definition) is 3. The van der Waals surface area contributed by atoms with Crippen LogP contribution in [0.25, 0.3) is 0 Å². The first kappa shape index (κ1) is 17.3. The molecule has 1 N–H and O–H groups in total. The fraction of sp³-hybridized carbons (Fsp3) is 0.417. The lowest BCUT2D eigenvalue weighted by atomic mass is 9.95. The second-order valence-corrected chi connectivity index (χ2v) is 4.17. The second kappa shape index (κ2) is 5.92. The first-order valence-electron chi connectivity index (χ1n) is 5.53. The van der Waals surface area contributed by atoms with E-state index >= 15 is 0 Å². The molecule has 0 amide bonds. The predicted octanol–water partition coefficient (Wildman–Crippen LogP) is 2.88. The summed E-state index contributed by atoms with van der Waals surface area (Å²) in [4.78, 5) is 11.2. The molecule has 1 aromatic rings. The van der Waals surface area contributed by atoms with Gasteiger partial charge >= 0.3 is 12.4 Å². The summed E-state index contributed by atoms with van der Waals surface area (Å²) in [6.45, 7) is -1.02. The third kappa shape index (κ3) is 4.10. The molecule has 0 saturated heterocycles. The average Bonchev–Trinajstić information content (AvgIpc) is 2.35. The quantitative estimate of drug-likeness (QED) is 0.850. The van der Waals surface area contributed by atoms with Crippen LogP contribution in [0.4, 0.5) is 26.3 Å². The molecule has 0 bridgehead atoms. The molecule has 0 aromatic heterocycles. The van der Waals surface area contributed by atoms with Crippen LogP contribution in [0.15, 0.2) is 30.3 Å². The van der Waals surface area contributed by atoms with E-state index in [2.05, 4.69) is 0 Å². The Balaban J connectivity index is 2.75. The van der Waals surface area contributed by atoms with E-state index in [1.807, 2.05) is 0 Å². The van der Waals surface area contributed by atoms with Crippen molar-refractivity contribution in [2.24, 2.45) is 0 Å². The molecular weight excluding hydrogens is 306 g/mol. The van der Waals surface area contributed by atoms with Crippen LogP contribution in [0, 0.1) is 0 Å². The van der Waals surface area contributed by atoms with Crippen LogP contribution < -0.4 is 4.74 Å². The fourth-order valence-corrected chi connectivity index (χ4v) is 1.38. The number of alkyl halides is 6. The van der Waals surface area contributed by atoms with Crippen molar-refractivity contribution >= 4 is 5.78 Å². The van der Waals surface area contributed by atoms with Gasteiger partial charge in [-0.2, -0.15) is 26.3 Å². The Morgan fingerprint density at radius 3 is 1.90 bits per heavy atom. The number of benzene rings is 1. The molecule has 0 heterocycles. The van der Waals surface area contributed by atoms with E-state index in [1.54, 1.807) is 6.07 Å². The number of carbonyl (C=O) groups is 1. The summed E-state index contributed by atoms with van der Waals surface area (Å²) in [6, 6.07) is 7.34. The van der Waals surface area contributed by atoms with Gasteiger partial charge in [-0.05, 0) is 12.1 Å². The van der Waals surface area contributed by atoms with Crippen LogP contribution in [-0.4, -0.2) is 35.5 Å². The number of aliphatic hydroxyl groups is 1. The standard InChI is InChI=1S/C12H10F6O3/c13-11(14,15)10(20,12(16,17)18)6-8(19)7-21-9-4-2-1-3-5-9/h1-5,20H,6-7H2. The van der Waals surface area contributed by atoms with Crippen LogP contribution in [-0.2, 0) is 4.79 Å². The number of rotatable bonds is 5. The molecule has 1 rings (SSSR count). The minimum absolute atomic E-state index is 0.105. The highest BCUT2D eigenvalue weighted by Gasteiger charge is 2.70. The van der Waals surface area contributed by atoms with E-state index < -0.39 is 36.8 Å². The molecule has 0 saturated carbocycles. The molecule has 118 valence electrons. The van der Waals surface area contributed by atoms with Gasteiger partial charge in [0.25, 0.3) is 5.60 Å². The summed E-state index contributed by atoms with van der Waals surface area (Å²) in [6.07, 6.45) is -14.2. The maximum absolute atomic E-state index is 12.4. The van der Waals surface area contributed by atoms with Crippen LogP contribution in [0.5, 0.6) is 5.75 Å². The zero-order valence-corrected chi connectivity index (χ0v) is 10.3. The van der Waals surface area contributed by atoms with Crippen molar-refractivity contribution in [2.75, 3.05) is 6.61 Å². The molecule has 3 nitrogen and oxygen atoms in total. The van der Waals surface area contributed by atoms with Crippen molar-refractivity contribution in [2.45, 2.75) is 24.4 Å². The van der Waals surface area contributed by atoms with Gasteiger partial charge in [0.1, 0.15) is 12.4 Å². The molecule has 0 unspecified atom stereocenters. The SMILES string of the molecule is O=C(COc1ccccc1)CC(O)(C(F)(F)F)C(F)(F)F. The van der Waals surface area contributed by atoms with Gasteiger partial charge in [-0.1, -0.05) is 18.2 Å².